The lowest BCUT2D eigenvalue weighted by atomic mass is 10.0. The van der Waals surface area contributed by atoms with E-state index >= 15 is 0 Å². The van der Waals surface area contributed by atoms with Gasteiger partial charge in [0.1, 0.15) is 0 Å². The molecule has 0 bridgehead atoms. The van der Waals surface area contributed by atoms with Gasteiger partial charge in [0, 0.05) is 39.1 Å². The first kappa shape index (κ1) is 64.3. The smallest absolute Gasteiger partial charge is 0.221 e. The van der Waals surface area contributed by atoms with Gasteiger partial charge in [0.05, 0.1) is 0 Å². The van der Waals surface area contributed by atoms with Gasteiger partial charge < -0.3 is 25.3 Å². The first-order valence-corrected chi connectivity index (χ1v) is 30.2. The van der Waals surface area contributed by atoms with E-state index in [2.05, 4.69) is 60.0 Å². The molecule has 0 aliphatic rings. The number of nitrogens with one attached hydrogen (secondary N) is 2. The van der Waals surface area contributed by atoms with Gasteiger partial charge in [-0.05, 0) is 84.3 Å². The standard InChI is InChI=1S/C59H123N5O/c1-6-11-15-18-21-24-27-30-33-36-39-42-52-63(51-14-9-4)57-48-60-47-45-55-62(50-10-5)56-46-59(65)61-49-58-64(53-43-40-37-34-31-28-25-22-19-16-12-7-2)54-44-41-38-35-32-29-26-23-20-17-13-8-3/h60H,6-58H2,1-5H3,(H,61,65). The second kappa shape index (κ2) is 55.9. The van der Waals surface area contributed by atoms with Gasteiger partial charge in [-0.3, -0.25) is 4.79 Å². The van der Waals surface area contributed by atoms with Crippen molar-refractivity contribution in [2.45, 2.75) is 298 Å². The number of carbonyl (C=O) groups is 1. The van der Waals surface area contributed by atoms with Crippen LogP contribution < -0.4 is 10.6 Å². The van der Waals surface area contributed by atoms with Gasteiger partial charge in [-0.15, -0.1) is 0 Å². The molecule has 65 heavy (non-hydrogen) atoms. The van der Waals surface area contributed by atoms with Crippen LogP contribution in [0, 0.1) is 0 Å². The van der Waals surface area contributed by atoms with E-state index in [9.17, 15) is 4.79 Å². The molecule has 0 aromatic carbocycles. The zero-order valence-corrected chi connectivity index (χ0v) is 45.7. The van der Waals surface area contributed by atoms with E-state index in [4.69, 9.17) is 0 Å². The van der Waals surface area contributed by atoms with Gasteiger partial charge in [0.2, 0.25) is 5.91 Å². The van der Waals surface area contributed by atoms with Gasteiger partial charge in [-0.25, -0.2) is 0 Å². The number of hydrogen-bond acceptors (Lipinski definition) is 5. The molecule has 6 heteroatoms. The highest BCUT2D eigenvalue weighted by Crippen LogP contribution is 2.15. The lowest BCUT2D eigenvalue weighted by Crippen LogP contribution is -2.38. The maximum absolute atomic E-state index is 13.1. The highest BCUT2D eigenvalue weighted by molar-refractivity contribution is 5.76. The quantitative estimate of drug-likeness (QED) is 0.0596. The topological polar surface area (TPSA) is 50.9 Å². The highest BCUT2D eigenvalue weighted by atomic mass is 16.1. The predicted octanol–water partition coefficient (Wildman–Crippen LogP) is 16.7. The number of amides is 1. The lowest BCUT2D eigenvalue weighted by molar-refractivity contribution is -0.121. The molecule has 0 heterocycles. The zero-order valence-electron chi connectivity index (χ0n) is 45.7. The molecule has 0 aromatic heterocycles. The predicted molar refractivity (Wildman–Crippen MR) is 293 cm³/mol. The van der Waals surface area contributed by atoms with Crippen LogP contribution in [0.3, 0.4) is 0 Å². The molecule has 0 aromatic rings. The maximum Gasteiger partial charge on any atom is 0.221 e. The molecule has 1 amide bonds. The lowest BCUT2D eigenvalue weighted by Gasteiger charge is -2.24. The molecule has 0 unspecified atom stereocenters. The van der Waals surface area contributed by atoms with Crippen molar-refractivity contribution >= 4 is 5.91 Å². The van der Waals surface area contributed by atoms with Crippen molar-refractivity contribution in [3.63, 3.8) is 0 Å². The van der Waals surface area contributed by atoms with Crippen LogP contribution in [0.25, 0.3) is 0 Å². The van der Waals surface area contributed by atoms with Crippen LogP contribution in [0.1, 0.15) is 298 Å². The Bertz CT molecular complexity index is 859. The molecule has 0 saturated carbocycles. The van der Waals surface area contributed by atoms with E-state index in [-0.39, 0.29) is 5.91 Å². The van der Waals surface area contributed by atoms with Crippen molar-refractivity contribution in [2.24, 2.45) is 0 Å². The SMILES string of the molecule is CCCCCCCCCCCCCCN(CCCC)CCNCCCN(CCC)CCC(=O)NCCN(CCCCCCCCCCCCCC)CCCCCCCCCCCCCC. The van der Waals surface area contributed by atoms with E-state index in [1.54, 1.807) is 0 Å². The molecular weight excluding hydrogens is 795 g/mol. The van der Waals surface area contributed by atoms with Crippen molar-refractivity contribution in [3.05, 3.63) is 0 Å². The average molecular weight is 919 g/mol. The highest BCUT2D eigenvalue weighted by Gasteiger charge is 2.11. The van der Waals surface area contributed by atoms with Crippen LogP contribution in [0.4, 0.5) is 0 Å². The Hall–Kier alpha value is -0.690. The van der Waals surface area contributed by atoms with Crippen LogP contribution in [0.15, 0.2) is 0 Å². The summed E-state index contributed by atoms with van der Waals surface area (Å²) in [6.45, 7) is 24.6. The molecule has 0 spiro atoms. The number of unbranched alkanes of at least 4 members (excludes halogenated alkanes) is 34. The summed E-state index contributed by atoms with van der Waals surface area (Å²) in [5, 5.41) is 7.09. The average Bonchev–Trinajstić information content (AvgIpc) is 3.31. The molecule has 0 rings (SSSR count). The normalized spacial score (nSPS) is 11.9. The first-order chi connectivity index (χ1) is 32.1. The number of carbonyl (C=O) groups excluding carboxylic acids is 1. The summed E-state index contributed by atoms with van der Waals surface area (Å²) in [7, 11) is 0. The molecule has 6 nitrogen and oxygen atoms in total. The third kappa shape index (κ3) is 51.0. The van der Waals surface area contributed by atoms with Crippen molar-refractivity contribution in [1.29, 1.82) is 0 Å². The summed E-state index contributed by atoms with van der Waals surface area (Å²) in [6.07, 6.45) is 56.3. The Morgan fingerprint density at radius 3 is 0.908 bits per heavy atom. The molecule has 0 aliphatic carbocycles. The van der Waals surface area contributed by atoms with E-state index in [0.717, 1.165) is 58.7 Å². The van der Waals surface area contributed by atoms with Crippen molar-refractivity contribution in [2.75, 3.05) is 78.5 Å². The van der Waals surface area contributed by atoms with E-state index in [1.807, 2.05) is 0 Å². The third-order valence-electron chi connectivity index (χ3n) is 14.2. The summed E-state index contributed by atoms with van der Waals surface area (Å²) in [4.78, 5) is 21.0. The van der Waals surface area contributed by atoms with Crippen molar-refractivity contribution in [3.8, 4) is 0 Å². The summed E-state index contributed by atoms with van der Waals surface area (Å²) >= 11 is 0. The van der Waals surface area contributed by atoms with Gasteiger partial charge in [0.25, 0.3) is 0 Å². The third-order valence-corrected chi connectivity index (χ3v) is 14.2. The summed E-state index contributed by atoms with van der Waals surface area (Å²) in [5.41, 5.74) is 0. The monoisotopic (exact) mass is 918 g/mol. The summed E-state index contributed by atoms with van der Waals surface area (Å²) in [5.74, 6) is 0.236. The van der Waals surface area contributed by atoms with E-state index < -0.39 is 0 Å². The number of nitrogens with zero attached hydrogens (tertiary/aromatic N) is 3. The number of hydrogen-bond donors (Lipinski definition) is 2. The van der Waals surface area contributed by atoms with Crippen molar-refractivity contribution < 1.29 is 4.79 Å². The number of rotatable bonds is 57. The fourth-order valence-electron chi connectivity index (χ4n) is 9.72. The van der Waals surface area contributed by atoms with Crippen LogP contribution in [-0.4, -0.2) is 99.1 Å². The van der Waals surface area contributed by atoms with Crippen LogP contribution >= 0.6 is 0 Å². The zero-order chi connectivity index (χ0) is 47.2. The van der Waals surface area contributed by atoms with Crippen LogP contribution in [0.2, 0.25) is 0 Å². The fraction of sp³-hybridized carbons (Fsp3) is 0.983. The molecule has 0 aliphatic heterocycles. The molecule has 0 fully saturated rings. The van der Waals surface area contributed by atoms with Gasteiger partial charge in [-0.1, -0.05) is 253 Å². The molecule has 390 valence electrons. The Morgan fingerprint density at radius 2 is 0.554 bits per heavy atom. The molecule has 0 radical (unpaired) electrons. The Balaban J connectivity index is 4.40. The minimum absolute atomic E-state index is 0.236. The minimum atomic E-state index is 0.236. The molecular formula is C59H123N5O. The molecule has 2 N–H and O–H groups in total. The Morgan fingerprint density at radius 1 is 0.262 bits per heavy atom. The Labute approximate surface area is 410 Å². The van der Waals surface area contributed by atoms with Crippen LogP contribution in [-0.2, 0) is 4.79 Å². The molecule has 0 atom stereocenters. The van der Waals surface area contributed by atoms with Crippen molar-refractivity contribution in [1.82, 2.24) is 25.3 Å². The largest absolute Gasteiger partial charge is 0.355 e. The maximum atomic E-state index is 13.1. The Kier molecular flexibility index (Phi) is 55.3. The second-order valence-corrected chi connectivity index (χ2v) is 20.7. The summed E-state index contributed by atoms with van der Waals surface area (Å²) in [6, 6.07) is 0. The van der Waals surface area contributed by atoms with E-state index in [0.29, 0.717) is 6.42 Å². The minimum Gasteiger partial charge on any atom is -0.355 e. The first-order valence-electron chi connectivity index (χ1n) is 30.2. The van der Waals surface area contributed by atoms with Gasteiger partial charge >= 0.3 is 0 Å². The van der Waals surface area contributed by atoms with E-state index in [1.165, 1.54) is 277 Å². The fourth-order valence-corrected chi connectivity index (χ4v) is 9.72. The van der Waals surface area contributed by atoms with Crippen LogP contribution in [0.5, 0.6) is 0 Å². The van der Waals surface area contributed by atoms with Gasteiger partial charge in [-0.2, -0.15) is 0 Å². The van der Waals surface area contributed by atoms with Gasteiger partial charge in [0.15, 0.2) is 0 Å². The molecule has 0 saturated heterocycles. The summed E-state index contributed by atoms with van der Waals surface area (Å²) < 4.78 is 0. The second-order valence-electron chi connectivity index (χ2n) is 20.7.